The number of rotatable bonds is 9. The Hall–Kier alpha value is -9.18. The van der Waals surface area contributed by atoms with Crippen LogP contribution in [-0.4, -0.2) is 4.57 Å². The summed E-state index contributed by atoms with van der Waals surface area (Å²) < 4.78 is 8.93. The molecule has 0 radical (unpaired) electrons. The molecule has 0 spiro atoms. The van der Waals surface area contributed by atoms with E-state index in [1.807, 2.05) is 12.1 Å². The molecule has 3 heteroatoms. The largest absolute Gasteiger partial charge is 0.455 e. The van der Waals surface area contributed by atoms with Crippen LogP contribution >= 0.6 is 0 Å². The summed E-state index contributed by atoms with van der Waals surface area (Å²) in [6, 6.07) is 96.1. The van der Waals surface area contributed by atoms with Crippen LogP contribution in [0.5, 0.6) is 0 Å². The molecule has 0 aliphatic heterocycles. The summed E-state index contributed by atoms with van der Waals surface area (Å²) in [4.78, 5) is 2.37. The molecule has 3 nitrogen and oxygen atoms in total. The zero-order valence-electron chi connectivity index (χ0n) is 37.7. The van der Waals surface area contributed by atoms with Crippen LogP contribution in [0, 0.1) is 0 Å². The molecule has 0 bridgehead atoms. The van der Waals surface area contributed by atoms with Crippen LogP contribution in [0.15, 0.2) is 271 Å². The standard InChI is InChI=1S/C66H44N2O/c1-3-16-45(17-4-1)49-20-13-21-50(42-49)51-22-14-23-55(43-51)67(54-39-34-48(35-40-54)57-27-15-28-61-60-26-9-12-31-65(60)69-66(57)61)53-37-32-47(33-38-53)56-41-36-52(46-18-5-2-6-19-46)44-64(56)68-62-29-10-7-24-58(62)59-25-8-11-30-63(59)68/h1-44H. The fraction of sp³-hybridized carbons (Fsp3) is 0. The van der Waals surface area contributed by atoms with Gasteiger partial charge in [0.05, 0.1) is 16.7 Å². The lowest BCUT2D eigenvalue weighted by Crippen LogP contribution is -2.10. The Balaban J connectivity index is 0.942. The van der Waals surface area contributed by atoms with E-state index in [1.165, 1.54) is 49.6 Å². The van der Waals surface area contributed by atoms with Crippen LogP contribution in [0.1, 0.15) is 0 Å². The maximum absolute atomic E-state index is 6.48. The molecule has 2 heterocycles. The number of hydrogen-bond acceptors (Lipinski definition) is 2. The van der Waals surface area contributed by atoms with Crippen molar-refractivity contribution in [2.75, 3.05) is 4.90 Å². The summed E-state index contributed by atoms with van der Waals surface area (Å²) in [5, 5.41) is 4.73. The highest BCUT2D eigenvalue weighted by Crippen LogP contribution is 2.43. The molecule has 324 valence electrons. The highest BCUT2D eigenvalue weighted by atomic mass is 16.3. The van der Waals surface area contributed by atoms with Crippen molar-refractivity contribution in [3.63, 3.8) is 0 Å². The second-order valence-electron chi connectivity index (χ2n) is 17.7. The van der Waals surface area contributed by atoms with Crippen molar-refractivity contribution in [2.24, 2.45) is 0 Å². The molecule has 0 fully saturated rings. The predicted octanol–water partition coefficient (Wildman–Crippen LogP) is 18.5. The minimum atomic E-state index is 0.898. The second kappa shape index (κ2) is 16.9. The molecule has 0 saturated carbocycles. The molecule has 0 unspecified atom stereocenters. The highest BCUT2D eigenvalue weighted by Gasteiger charge is 2.20. The normalized spacial score (nSPS) is 11.5. The van der Waals surface area contributed by atoms with E-state index >= 15 is 0 Å². The predicted molar refractivity (Wildman–Crippen MR) is 290 cm³/mol. The number of fused-ring (bicyclic) bond motifs is 6. The Labute approximate surface area is 401 Å². The van der Waals surface area contributed by atoms with Crippen LogP contribution in [0.3, 0.4) is 0 Å². The molecule has 0 N–H and O–H groups in total. The monoisotopic (exact) mass is 880 g/mol. The topological polar surface area (TPSA) is 21.3 Å². The molecule has 0 amide bonds. The summed E-state index contributed by atoms with van der Waals surface area (Å²) in [6.07, 6.45) is 0. The van der Waals surface area contributed by atoms with E-state index in [2.05, 4.69) is 264 Å². The Kier molecular flexibility index (Phi) is 9.84. The van der Waals surface area contributed by atoms with E-state index in [0.29, 0.717) is 0 Å². The lowest BCUT2D eigenvalue weighted by Gasteiger charge is -2.27. The first kappa shape index (κ1) is 40.1. The molecule has 13 rings (SSSR count). The average Bonchev–Trinajstić information content (AvgIpc) is 3.98. The van der Waals surface area contributed by atoms with Crippen molar-refractivity contribution in [1.82, 2.24) is 4.57 Å². The van der Waals surface area contributed by atoms with Gasteiger partial charge in [-0.2, -0.15) is 0 Å². The van der Waals surface area contributed by atoms with Gasteiger partial charge in [-0.25, -0.2) is 0 Å². The number of furan rings is 1. The van der Waals surface area contributed by atoms with Crippen LogP contribution < -0.4 is 4.90 Å². The third-order valence-electron chi connectivity index (χ3n) is 13.6. The van der Waals surface area contributed by atoms with Gasteiger partial charge in [-0.15, -0.1) is 0 Å². The van der Waals surface area contributed by atoms with Gasteiger partial charge in [0.2, 0.25) is 0 Å². The summed E-state index contributed by atoms with van der Waals surface area (Å²) in [7, 11) is 0. The van der Waals surface area contributed by atoms with Gasteiger partial charge >= 0.3 is 0 Å². The van der Waals surface area contributed by atoms with E-state index in [1.54, 1.807) is 0 Å². The van der Waals surface area contributed by atoms with E-state index in [4.69, 9.17) is 4.42 Å². The molecule has 0 atom stereocenters. The van der Waals surface area contributed by atoms with Crippen molar-refractivity contribution >= 4 is 60.8 Å². The first-order chi connectivity index (χ1) is 34.2. The van der Waals surface area contributed by atoms with Crippen LogP contribution in [0.25, 0.3) is 105 Å². The number of hydrogen-bond donors (Lipinski definition) is 0. The van der Waals surface area contributed by atoms with Gasteiger partial charge in [0.1, 0.15) is 11.2 Å². The number of aromatic nitrogens is 1. The summed E-state index contributed by atoms with van der Waals surface area (Å²) >= 11 is 0. The van der Waals surface area contributed by atoms with Crippen molar-refractivity contribution in [2.45, 2.75) is 0 Å². The quantitative estimate of drug-likeness (QED) is 0.144. The third kappa shape index (κ3) is 7.16. The molecule has 0 aliphatic carbocycles. The van der Waals surface area contributed by atoms with Gasteiger partial charge in [-0.3, -0.25) is 0 Å². The van der Waals surface area contributed by atoms with E-state index in [-0.39, 0.29) is 0 Å². The fourth-order valence-corrected chi connectivity index (χ4v) is 10.3. The minimum absolute atomic E-state index is 0.898. The van der Waals surface area contributed by atoms with Gasteiger partial charge in [0.15, 0.2) is 0 Å². The summed E-state index contributed by atoms with van der Waals surface area (Å²) in [5.41, 5.74) is 20.0. The maximum Gasteiger partial charge on any atom is 0.143 e. The van der Waals surface area contributed by atoms with Gasteiger partial charge in [-0.1, -0.05) is 200 Å². The fourth-order valence-electron chi connectivity index (χ4n) is 10.3. The van der Waals surface area contributed by atoms with Gasteiger partial charge in [0, 0.05) is 49.7 Å². The van der Waals surface area contributed by atoms with E-state index in [9.17, 15) is 0 Å². The number of nitrogens with zero attached hydrogens (tertiary/aromatic N) is 2. The average molecular weight is 881 g/mol. The van der Waals surface area contributed by atoms with Crippen LogP contribution in [-0.2, 0) is 0 Å². The lowest BCUT2D eigenvalue weighted by molar-refractivity contribution is 0.670. The first-order valence-corrected chi connectivity index (χ1v) is 23.6. The summed E-state index contributed by atoms with van der Waals surface area (Å²) in [5.74, 6) is 0. The van der Waals surface area contributed by atoms with Crippen molar-refractivity contribution in [3.8, 4) is 61.3 Å². The van der Waals surface area contributed by atoms with Gasteiger partial charge in [-0.05, 0) is 111 Å². The van der Waals surface area contributed by atoms with Crippen molar-refractivity contribution in [1.29, 1.82) is 0 Å². The van der Waals surface area contributed by atoms with E-state index < -0.39 is 0 Å². The second-order valence-corrected chi connectivity index (χ2v) is 17.7. The van der Waals surface area contributed by atoms with Crippen molar-refractivity contribution in [3.05, 3.63) is 267 Å². The zero-order valence-corrected chi connectivity index (χ0v) is 37.7. The number of benzene rings is 11. The molecule has 13 aromatic rings. The molecule has 0 saturated heterocycles. The Morgan fingerprint density at radius 3 is 1.39 bits per heavy atom. The first-order valence-electron chi connectivity index (χ1n) is 23.6. The Bertz CT molecular complexity index is 3940. The number of anilines is 3. The molecular formula is C66H44N2O. The SMILES string of the molecule is c1ccc(-c2cccc(-c3cccc(N(c4ccc(-c5ccc(-c6ccccc6)cc5-n5c6ccccc6c6ccccc65)cc4)c4ccc(-c5cccc6c5oc5ccccc56)cc4)c3)c2)cc1. The minimum Gasteiger partial charge on any atom is -0.455 e. The molecular weight excluding hydrogens is 837 g/mol. The van der Waals surface area contributed by atoms with Crippen molar-refractivity contribution < 1.29 is 4.42 Å². The Morgan fingerprint density at radius 2 is 0.739 bits per heavy atom. The number of para-hydroxylation sites is 4. The molecule has 69 heavy (non-hydrogen) atoms. The zero-order chi connectivity index (χ0) is 45.7. The molecule has 11 aromatic carbocycles. The summed E-state index contributed by atoms with van der Waals surface area (Å²) in [6.45, 7) is 0. The lowest BCUT2D eigenvalue weighted by atomic mass is 9.97. The van der Waals surface area contributed by atoms with Crippen LogP contribution in [0.4, 0.5) is 17.1 Å². The van der Waals surface area contributed by atoms with Gasteiger partial charge in [0.25, 0.3) is 0 Å². The third-order valence-corrected chi connectivity index (χ3v) is 13.6. The molecule has 0 aliphatic rings. The highest BCUT2D eigenvalue weighted by molar-refractivity contribution is 6.11. The smallest absolute Gasteiger partial charge is 0.143 e. The van der Waals surface area contributed by atoms with E-state index in [0.717, 1.165) is 72.5 Å². The molecule has 2 aromatic heterocycles. The van der Waals surface area contributed by atoms with Crippen LogP contribution in [0.2, 0.25) is 0 Å². The van der Waals surface area contributed by atoms with Gasteiger partial charge < -0.3 is 13.9 Å². The maximum atomic E-state index is 6.48. The Morgan fingerprint density at radius 1 is 0.275 bits per heavy atom.